The summed E-state index contributed by atoms with van der Waals surface area (Å²) in [6.45, 7) is 5.74. The van der Waals surface area contributed by atoms with E-state index in [1.807, 2.05) is 49.9 Å². The molecule has 2 unspecified atom stereocenters. The number of nitrogens with one attached hydrogen (secondary N) is 1. The fraction of sp³-hybridized carbons (Fsp3) is 0.500. The summed E-state index contributed by atoms with van der Waals surface area (Å²) in [6, 6.07) is 8.48. The minimum absolute atomic E-state index is 0.187. The molecule has 0 radical (unpaired) electrons. The highest BCUT2D eigenvalue weighted by molar-refractivity contribution is 6.35. The highest BCUT2D eigenvalue weighted by Crippen LogP contribution is 2.39. The van der Waals surface area contributed by atoms with Crippen LogP contribution >= 0.6 is 11.6 Å². The maximum atomic E-state index is 12.7. The maximum absolute atomic E-state index is 12.7. The van der Waals surface area contributed by atoms with Crippen LogP contribution in [0.3, 0.4) is 0 Å². The summed E-state index contributed by atoms with van der Waals surface area (Å²) >= 11 is 6.27. The zero-order chi connectivity index (χ0) is 23.3. The molecule has 2 atom stereocenters. The van der Waals surface area contributed by atoms with Crippen LogP contribution in [0.15, 0.2) is 30.5 Å². The molecule has 9 heteroatoms. The quantitative estimate of drug-likeness (QED) is 0.579. The molecule has 33 heavy (non-hydrogen) atoms. The zero-order valence-electron chi connectivity index (χ0n) is 19.4. The van der Waals surface area contributed by atoms with Crippen LogP contribution in [0.25, 0.3) is 22.2 Å². The highest BCUT2D eigenvalue weighted by atomic mass is 35.5. The standard InChI is InChI=1S/C24H29ClN6O2/c1-24(2,3)33-23(32)31-14-5-6-15(31)12-16(11-14)30(4)21-10-9-20(27-28-21)17-7-8-19(25)18-13-26-29-22(17)18/h7-10,13-16H,5-6,11-12H2,1-4H3,(H,26,29). The minimum atomic E-state index is -0.479. The van der Waals surface area contributed by atoms with Crippen molar-refractivity contribution in [3.8, 4) is 11.3 Å². The van der Waals surface area contributed by atoms with Gasteiger partial charge in [-0.05, 0) is 70.7 Å². The third-order valence-electron chi connectivity index (χ3n) is 6.71. The Balaban J connectivity index is 1.31. The van der Waals surface area contributed by atoms with Gasteiger partial charge in [0.15, 0.2) is 5.82 Å². The van der Waals surface area contributed by atoms with Gasteiger partial charge >= 0.3 is 6.09 Å². The largest absolute Gasteiger partial charge is 0.444 e. The molecule has 3 aromatic rings. The van der Waals surface area contributed by atoms with Crippen LogP contribution in [0, 0.1) is 0 Å². The number of anilines is 1. The molecule has 2 aromatic heterocycles. The molecule has 8 nitrogen and oxygen atoms in total. The average Bonchev–Trinajstić information content (AvgIpc) is 3.36. The third kappa shape index (κ3) is 4.12. The first kappa shape index (κ1) is 21.9. The Hall–Kier alpha value is -2.87. The van der Waals surface area contributed by atoms with Gasteiger partial charge in [-0.3, -0.25) is 5.10 Å². The summed E-state index contributed by atoms with van der Waals surface area (Å²) in [6.07, 6.45) is 5.39. The van der Waals surface area contributed by atoms with Crippen LogP contribution in [0.4, 0.5) is 10.6 Å². The van der Waals surface area contributed by atoms with Crippen molar-refractivity contribution in [3.05, 3.63) is 35.5 Å². The number of carbonyl (C=O) groups is 1. The summed E-state index contributed by atoms with van der Waals surface area (Å²) in [5.74, 6) is 0.823. The third-order valence-corrected chi connectivity index (χ3v) is 7.04. The number of hydrogen-bond acceptors (Lipinski definition) is 6. The number of hydrogen-bond donors (Lipinski definition) is 1. The molecule has 1 aromatic carbocycles. The Morgan fingerprint density at radius 2 is 1.88 bits per heavy atom. The van der Waals surface area contributed by atoms with Crippen molar-refractivity contribution in [1.29, 1.82) is 0 Å². The van der Waals surface area contributed by atoms with Gasteiger partial charge < -0.3 is 14.5 Å². The van der Waals surface area contributed by atoms with E-state index in [0.29, 0.717) is 11.1 Å². The molecule has 0 aliphatic carbocycles. The number of aromatic amines is 1. The van der Waals surface area contributed by atoms with E-state index in [2.05, 4.69) is 32.3 Å². The van der Waals surface area contributed by atoms with Crippen molar-refractivity contribution in [1.82, 2.24) is 25.3 Å². The molecule has 0 saturated carbocycles. The number of H-pyrrole nitrogens is 1. The minimum Gasteiger partial charge on any atom is -0.444 e. The van der Waals surface area contributed by atoms with Gasteiger partial charge in [-0.25, -0.2) is 4.79 Å². The second kappa shape index (κ2) is 8.17. The van der Waals surface area contributed by atoms with E-state index in [1.165, 1.54) is 0 Å². The predicted octanol–water partition coefficient (Wildman–Crippen LogP) is 5.04. The van der Waals surface area contributed by atoms with E-state index < -0.39 is 5.60 Å². The van der Waals surface area contributed by atoms with Crippen molar-refractivity contribution < 1.29 is 9.53 Å². The van der Waals surface area contributed by atoms with E-state index in [0.717, 1.165) is 53.7 Å². The number of halogens is 1. The second-order valence-corrected chi connectivity index (χ2v) is 10.4. The maximum Gasteiger partial charge on any atom is 0.410 e. The zero-order valence-corrected chi connectivity index (χ0v) is 20.1. The van der Waals surface area contributed by atoms with Gasteiger partial charge in [0, 0.05) is 36.1 Å². The summed E-state index contributed by atoms with van der Waals surface area (Å²) in [4.78, 5) is 16.9. The Morgan fingerprint density at radius 3 is 2.52 bits per heavy atom. The lowest BCUT2D eigenvalue weighted by atomic mass is 9.96. The van der Waals surface area contributed by atoms with Gasteiger partial charge in [0.1, 0.15) is 5.60 Å². The number of carbonyl (C=O) groups excluding carboxylic acids is 1. The van der Waals surface area contributed by atoms with E-state index in [4.69, 9.17) is 16.3 Å². The number of piperidine rings is 1. The van der Waals surface area contributed by atoms with E-state index in [1.54, 1.807) is 6.20 Å². The lowest BCUT2D eigenvalue weighted by Crippen LogP contribution is -2.53. The van der Waals surface area contributed by atoms with Gasteiger partial charge in [-0.1, -0.05) is 11.6 Å². The number of fused-ring (bicyclic) bond motifs is 3. The van der Waals surface area contributed by atoms with Crippen LogP contribution < -0.4 is 4.90 Å². The van der Waals surface area contributed by atoms with Gasteiger partial charge in [-0.2, -0.15) is 5.10 Å². The fourth-order valence-corrected chi connectivity index (χ4v) is 5.34. The number of amides is 1. The first-order valence-electron chi connectivity index (χ1n) is 11.4. The van der Waals surface area contributed by atoms with Crippen LogP contribution in [-0.2, 0) is 4.74 Å². The molecular formula is C24H29ClN6O2. The topological polar surface area (TPSA) is 87.2 Å². The lowest BCUT2D eigenvalue weighted by molar-refractivity contribution is 0.00597. The van der Waals surface area contributed by atoms with Crippen molar-refractivity contribution in [3.63, 3.8) is 0 Å². The molecule has 1 amide bonds. The predicted molar refractivity (Wildman–Crippen MR) is 128 cm³/mol. The van der Waals surface area contributed by atoms with E-state index in [9.17, 15) is 4.79 Å². The van der Waals surface area contributed by atoms with Crippen molar-refractivity contribution in [2.45, 2.75) is 70.2 Å². The molecular weight excluding hydrogens is 440 g/mol. The van der Waals surface area contributed by atoms with Gasteiger partial charge in [0.05, 0.1) is 22.4 Å². The van der Waals surface area contributed by atoms with Crippen LogP contribution in [0.2, 0.25) is 5.02 Å². The molecule has 5 rings (SSSR count). The number of rotatable bonds is 3. The molecule has 1 N–H and O–H groups in total. The summed E-state index contributed by atoms with van der Waals surface area (Å²) in [5, 5.41) is 17.6. The molecule has 2 fully saturated rings. The van der Waals surface area contributed by atoms with Crippen LogP contribution in [-0.4, -0.2) is 62.2 Å². The molecule has 2 saturated heterocycles. The van der Waals surface area contributed by atoms with E-state index in [-0.39, 0.29) is 18.2 Å². The van der Waals surface area contributed by atoms with Crippen molar-refractivity contribution in [2.24, 2.45) is 0 Å². The second-order valence-electron chi connectivity index (χ2n) is 10.0. The molecule has 174 valence electrons. The Bertz CT molecular complexity index is 1160. The molecule has 0 spiro atoms. The number of nitrogens with zero attached hydrogens (tertiary/aromatic N) is 5. The van der Waals surface area contributed by atoms with Crippen LogP contribution in [0.5, 0.6) is 0 Å². The van der Waals surface area contributed by atoms with Crippen molar-refractivity contribution >= 4 is 34.4 Å². The average molecular weight is 469 g/mol. The molecule has 4 heterocycles. The smallest absolute Gasteiger partial charge is 0.410 e. The lowest BCUT2D eigenvalue weighted by Gasteiger charge is -2.42. The fourth-order valence-electron chi connectivity index (χ4n) is 5.14. The number of benzene rings is 1. The van der Waals surface area contributed by atoms with Crippen LogP contribution in [0.1, 0.15) is 46.5 Å². The Morgan fingerprint density at radius 1 is 1.15 bits per heavy atom. The first-order chi connectivity index (χ1) is 15.7. The monoisotopic (exact) mass is 468 g/mol. The first-order valence-corrected chi connectivity index (χ1v) is 11.8. The van der Waals surface area contributed by atoms with Gasteiger partial charge in [0.2, 0.25) is 0 Å². The molecule has 2 aliphatic rings. The summed E-state index contributed by atoms with van der Waals surface area (Å²) < 4.78 is 5.66. The number of aromatic nitrogens is 4. The number of ether oxygens (including phenoxy) is 1. The Kier molecular flexibility index (Phi) is 5.43. The van der Waals surface area contributed by atoms with Gasteiger partial charge in [0.25, 0.3) is 0 Å². The summed E-state index contributed by atoms with van der Waals surface area (Å²) in [7, 11) is 2.06. The van der Waals surface area contributed by atoms with Gasteiger partial charge in [-0.15, -0.1) is 10.2 Å². The van der Waals surface area contributed by atoms with Crippen molar-refractivity contribution in [2.75, 3.05) is 11.9 Å². The molecule has 2 aliphatic heterocycles. The Labute approximate surface area is 198 Å². The summed E-state index contributed by atoms with van der Waals surface area (Å²) in [5.41, 5.74) is 2.05. The molecule has 2 bridgehead atoms. The van der Waals surface area contributed by atoms with E-state index >= 15 is 0 Å². The SMILES string of the molecule is CN(c1ccc(-c2ccc(Cl)c3cn[nH]c23)nn1)C1CC2CCC(C1)N2C(=O)OC(C)(C)C. The normalized spacial score (nSPS) is 22.6. The highest BCUT2D eigenvalue weighted by Gasteiger charge is 2.45.